The summed E-state index contributed by atoms with van der Waals surface area (Å²) in [7, 11) is 0. The largest absolute Gasteiger partial charge is 0.493 e. The zero-order valence-electron chi connectivity index (χ0n) is 19.7. The molecule has 0 atom stereocenters. The summed E-state index contributed by atoms with van der Waals surface area (Å²) < 4.78 is 12.3. The smallest absolute Gasteiger partial charge is 0.131 e. The number of nitrogens with two attached hydrogens (primary N) is 1. The Morgan fingerprint density at radius 3 is 2.25 bits per heavy atom. The van der Waals surface area contributed by atoms with Gasteiger partial charge >= 0.3 is 0 Å². The standard InChI is InChI=1S/C28H38N2O2/c1-5-9-21-11-12-27(31-7-3)25(18-21)26-19-22(10-6-2)17-23(28(26)32-8-4)20-30-15-13-24(29)14-16-30/h5-6,11-12,17-19,24H,1-2,7-10,13-16,20,29H2,3-4H3. The van der Waals surface area contributed by atoms with Crippen molar-refractivity contribution in [2.45, 2.75) is 52.1 Å². The Hall–Kier alpha value is -2.56. The van der Waals surface area contributed by atoms with Gasteiger partial charge < -0.3 is 15.2 Å². The Balaban J connectivity index is 2.13. The van der Waals surface area contributed by atoms with Gasteiger partial charge in [-0.3, -0.25) is 4.90 Å². The average Bonchev–Trinajstić information content (AvgIpc) is 2.78. The molecule has 1 fully saturated rings. The number of benzene rings is 2. The van der Waals surface area contributed by atoms with E-state index in [0.717, 1.165) is 67.9 Å². The molecule has 0 saturated carbocycles. The second kappa shape index (κ2) is 11.9. The first kappa shape index (κ1) is 24.1. The van der Waals surface area contributed by atoms with E-state index in [0.29, 0.717) is 19.3 Å². The number of hydrogen-bond donors (Lipinski definition) is 1. The summed E-state index contributed by atoms with van der Waals surface area (Å²) in [6.45, 7) is 16.1. The van der Waals surface area contributed by atoms with Gasteiger partial charge in [0.15, 0.2) is 0 Å². The lowest BCUT2D eigenvalue weighted by molar-refractivity contribution is 0.202. The Labute approximate surface area is 193 Å². The van der Waals surface area contributed by atoms with Crippen molar-refractivity contribution < 1.29 is 9.47 Å². The number of nitrogens with zero attached hydrogens (tertiary/aromatic N) is 1. The van der Waals surface area contributed by atoms with Gasteiger partial charge in [0, 0.05) is 29.3 Å². The Morgan fingerprint density at radius 1 is 0.938 bits per heavy atom. The van der Waals surface area contributed by atoms with Crippen LogP contribution in [0, 0.1) is 0 Å². The zero-order chi connectivity index (χ0) is 22.9. The number of rotatable bonds is 11. The Morgan fingerprint density at radius 2 is 1.59 bits per heavy atom. The van der Waals surface area contributed by atoms with Crippen LogP contribution in [0.1, 0.15) is 43.4 Å². The molecule has 0 aliphatic carbocycles. The molecule has 0 radical (unpaired) electrons. The molecule has 1 aliphatic heterocycles. The normalized spacial score (nSPS) is 14.8. The maximum absolute atomic E-state index is 6.30. The molecule has 0 aromatic heterocycles. The van der Waals surface area contributed by atoms with E-state index < -0.39 is 0 Å². The summed E-state index contributed by atoms with van der Waals surface area (Å²) in [6, 6.07) is 11.2. The topological polar surface area (TPSA) is 47.7 Å². The number of piperidine rings is 1. The third kappa shape index (κ3) is 6.02. The summed E-state index contributed by atoms with van der Waals surface area (Å²) in [5.41, 5.74) is 12.0. The summed E-state index contributed by atoms with van der Waals surface area (Å²) in [5, 5.41) is 0. The predicted octanol–water partition coefficient (Wildman–Crippen LogP) is 5.53. The van der Waals surface area contributed by atoms with Crippen molar-refractivity contribution in [3.8, 4) is 22.6 Å². The highest BCUT2D eigenvalue weighted by atomic mass is 16.5. The van der Waals surface area contributed by atoms with Crippen LogP contribution in [-0.4, -0.2) is 37.2 Å². The third-order valence-corrected chi connectivity index (χ3v) is 5.93. The van der Waals surface area contributed by atoms with Crippen molar-refractivity contribution in [3.63, 3.8) is 0 Å². The van der Waals surface area contributed by atoms with Crippen LogP contribution in [0.25, 0.3) is 11.1 Å². The zero-order valence-corrected chi connectivity index (χ0v) is 19.7. The second-order valence-corrected chi connectivity index (χ2v) is 8.43. The minimum atomic E-state index is 0.321. The van der Waals surface area contributed by atoms with Crippen molar-refractivity contribution in [1.29, 1.82) is 0 Å². The van der Waals surface area contributed by atoms with Crippen LogP contribution in [0.2, 0.25) is 0 Å². The van der Waals surface area contributed by atoms with Crippen LogP contribution in [0.4, 0.5) is 0 Å². The van der Waals surface area contributed by atoms with Gasteiger partial charge in [0.25, 0.3) is 0 Å². The van der Waals surface area contributed by atoms with Gasteiger partial charge in [-0.05, 0) is 81.9 Å². The first-order chi connectivity index (χ1) is 15.6. The quantitative estimate of drug-likeness (QED) is 0.472. The van der Waals surface area contributed by atoms with E-state index in [4.69, 9.17) is 15.2 Å². The average molecular weight is 435 g/mol. The molecule has 4 nitrogen and oxygen atoms in total. The number of ether oxygens (including phenoxy) is 2. The van der Waals surface area contributed by atoms with Crippen LogP contribution in [0.3, 0.4) is 0 Å². The van der Waals surface area contributed by atoms with Gasteiger partial charge in [-0.1, -0.05) is 24.3 Å². The lowest BCUT2D eigenvalue weighted by atomic mass is 9.93. The van der Waals surface area contributed by atoms with Crippen molar-refractivity contribution in [2.24, 2.45) is 5.73 Å². The molecule has 0 amide bonds. The maximum Gasteiger partial charge on any atom is 0.131 e. The number of likely N-dealkylation sites (tertiary alicyclic amines) is 1. The number of allylic oxidation sites excluding steroid dienone is 2. The SMILES string of the molecule is C=CCc1ccc(OCC)c(-c2cc(CC=C)cc(CN3CCC(N)CC3)c2OCC)c1. The Bertz CT molecular complexity index is 914. The van der Waals surface area contributed by atoms with E-state index in [1.165, 1.54) is 16.7 Å². The second-order valence-electron chi connectivity index (χ2n) is 8.43. The molecule has 3 rings (SSSR count). The monoisotopic (exact) mass is 434 g/mol. The fourth-order valence-corrected chi connectivity index (χ4v) is 4.39. The van der Waals surface area contributed by atoms with Gasteiger partial charge in [0.1, 0.15) is 11.5 Å². The summed E-state index contributed by atoms with van der Waals surface area (Å²) in [4.78, 5) is 2.49. The van der Waals surface area contributed by atoms with Gasteiger partial charge in [0.05, 0.1) is 13.2 Å². The maximum atomic E-state index is 6.30. The van der Waals surface area contributed by atoms with Gasteiger partial charge in [-0.2, -0.15) is 0 Å². The van der Waals surface area contributed by atoms with Gasteiger partial charge in [0.2, 0.25) is 0 Å². The van der Waals surface area contributed by atoms with E-state index in [-0.39, 0.29) is 0 Å². The molecule has 32 heavy (non-hydrogen) atoms. The van der Waals surface area contributed by atoms with Crippen LogP contribution in [0.15, 0.2) is 55.6 Å². The van der Waals surface area contributed by atoms with Crippen molar-refractivity contribution in [2.75, 3.05) is 26.3 Å². The first-order valence-electron chi connectivity index (χ1n) is 11.8. The van der Waals surface area contributed by atoms with Crippen LogP contribution in [-0.2, 0) is 19.4 Å². The lowest BCUT2D eigenvalue weighted by Gasteiger charge is -2.31. The summed E-state index contributed by atoms with van der Waals surface area (Å²) >= 11 is 0. The Kier molecular flexibility index (Phi) is 8.95. The molecular weight excluding hydrogens is 396 g/mol. The van der Waals surface area contributed by atoms with Crippen molar-refractivity contribution >= 4 is 0 Å². The van der Waals surface area contributed by atoms with E-state index in [2.05, 4.69) is 48.4 Å². The fraction of sp³-hybridized carbons (Fsp3) is 0.429. The molecule has 1 aliphatic rings. The highest BCUT2D eigenvalue weighted by Gasteiger charge is 2.21. The fourth-order valence-electron chi connectivity index (χ4n) is 4.39. The van der Waals surface area contributed by atoms with Crippen LogP contribution < -0.4 is 15.2 Å². The molecule has 4 heteroatoms. The van der Waals surface area contributed by atoms with Gasteiger partial charge in [-0.15, -0.1) is 13.2 Å². The highest BCUT2D eigenvalue weighted by Crippen LogP contribution is 2.41. The predicted molar refractivity (Wildman–Crippen MR) is 135 cm³/mol. The summed E-state index contributed by atoms with van der Waals surface area (Å²) in [5.74, 6) is 1.83. The minimum Gasteiger partial charge on any atom is -0.493 e. The highest BCUT2D eigenvalue weighted by molar-refractivity contribution is 5.78. The lowest BCUT2D eigenvalue weighted by Crippen LogP contribution is -2.39. The molecule has 2 N–H and O–H groups in total. The molecule has 2 aromatic rings. The minimum absolute atomic E-state index is 0.321. The van der Waals surface area contributed by atoms with E-state index >= 15 is 0 Å². The van der Waals surface area contributed by atoms with Crippen LogP contribution in [0.5, 0.6) is 11.5 Å². The van der Waals surface area contributed by atoms with E-state index in [1.807, 2.05) is 26.0 Å². The van der Waals surface area contributed by atoms with E-state index in [1.54, 1.807) is 0 Å². The van der Waals surface area contributed by atoms with Crippen molar-refractivity contribution in [1.82, 2.24) is 4.90 Å². The molecule has 1 saturated heterocycles. The molecule has 0 unspecified atom stereocenters. The van der Waals surface area contributed by atoms with Crippen LogP contribution >= 0.6 is 0 Å². The summed E-state index contributed by atoms with van der Waals surface area (Å²) in [6.07, 6.45) is 7.61. The first-order valence-corrected chi connectivity index (χ1v) is 11.8. The third-order valence-electron chi connectivity index (χ3n) is 5.93. The number of hydrogen-bond acceptors (Lipinski definition) is 4. The molecule has 0 spiro atoms. The van der Waals surface area contributed by atoms with Gasteiger partial charge in [-0.25, -0.2) is 0 Å². The molecule has 0 bridgehead atoms. The molecule has 2 aromatic carbocycles. The van der Waals surface area contributed by atoms with Crippen molar-refractivity contribution in [3.05, 3.63) is 72.3 Å². The molecular formula is C28H38N2O2. The van der Waals surface area contributed by atoms with E-state index in [9.17, 15) is 0 Å². The molecule has 1 heterocycles. The molecule has 172 valence electrons.